The van der Waals surface area contributed by atoms with Gasteiger partial charge in [0.15, 0.2) is 0 Å². The van der Waals surface area contributed by atoms with Gasteiger partial charge in [0.2, 0.25) is 15.9 Å². The van der Waals surface area contributed by atoms with Crippen LogP contribution in [0.15, 0.2) is 55.1 Å². The molecule has 0 radical (unpaired) electrons. The number of sulfonamides is 1. The van der Waals surface area contributed by atoms with E-state index in [1.165, 1.54) is 12.1 Å². The number of nitrogens with zero attached hydrogens (tertiary/aromatic N) is 1. The zero-order valence-corrected chi connectivity index (χ0v) is 17.6. The number of carbonyl (C=O) groups is 1. The second-order valence-corrected chi connectivity index (χ2v) is 8.46. The van der Waals surface area contributed by atoms with Crippen molar-refractivity contribution in [3.8, 4) is 5.75 Å². The maximum Gasteiger partial charge on any atom is 0.248 e. The summed E-state index contributed by atoms with van der Waals surface area (Å²) in [5.41, 5.74) is 0.546. The Morgan fingerprint density at radius 3 is 2.66 bits per heavy atom. The summed E-state index contributed by atoms with van der Waals surface area (Å²) >= 11 is 5.81. The minimum absolute atomic E-state index is 0.101. The van der Waals surface area contributed by atoms with Crippen LogP contribution in [0.2, 0.25) is 5.02 Å². The van der Waals surface area contributed by atoms with Crippen molar-refractivity contribution in [3.05, 3.63) is 66.0 Å². The summed E-state index contributed by atoms with van der Waals surface area (Å²) in [6.07, 6.45) is 2.75. The van der Waals surface area contributed by atoms with Crippen LogP contribution in [0.1, 0.15) is 13.3 Å². The predicted octanol–water partition coefficient (Wildman–Crippen LogP) is 4.23. The molecule has 29 heavy (non-hydrogen) atoms. The third kappa shape index (κ3) is 5.95. The van der Waals surface area contributed by atoms with Gasteiger partial charge in [-0.15, -0.1) is 0 Å². The zero-order chi connectivity index (χ0) is 21.6. The van der Waals surface area contributed by atoms with Gasteiger partial charge in [-0.05, 0) is 36.8 Å². The van der Waals surface area contributed by atoms with Crippen LogP contribution in [0, 0.1) is 5.82 Å². The number of benzene rings is 2. The lowest BCUT2D eigenvalue weighted by Crippen LogP contribution is -2.47. The van der Waals surface area contributed by atoms with Crippen LogP contribution in [0.4, 0.5) is 15.8 Å². The third-order valence-electron chi connectivity index (χ3n) is 3.96. The molecular formula is C20H22ClFN2O4S. The first-order chi connectivity index (χ1) is 13.7. The van der Waals surface area contributed by atoms with Gasteiger partial charge in [-0.2, -0.15) is 0 Å². The van der Waals surface area contributed by atoms with Crippen molar-refractivity contribution < 1.29 is 22.3 Å². The quantitative estimate of drug-likeness (QED) is 0.592. The summed E-state index contributed by atoms with van der Waals surface area (Å²) in [5.74, 6) is -0.696. The Hall–Kier alpha value is -2.58. The summed E-state index contributed by atoms with van der Waals surface area (Å²) in [6, 6.07) is 9.13. The molecule has 0 bridgehead atoms. The maximum atomic E-state index is 13.5. The average molecular weight is 441 g/mol. The smallest absolute Gasteiger partial charge is 0.248 e. The SMILES string of the molecule is C=CCOc1cccc(NC(=O)[C@H](CC)N(c2ccc(F)c(Cl)c2)S(C)(=O)=O)c1. The Labute approximate surface area is 175 Å². The summed E-state index contributed by atoms with van der Waals surface area (Å²) in [4.78, 5) is 12.9. The van der Waals surface area contributed by atoms with Gasteiger partial charge in [0.05, 0.1) is 17.0 Å². The monoisotopic (exact) mass is 440 g/mol. The predicted molar refractivity (Wildman–Crippen MR) is 114 cm³/mol. The van der Waals surface area contributed by atoms with Crippen LogP contribution in [0.3, 0.4) is 0 Å². The molecule has 0 heterocycles. The van der Waals surface area contributed by atoms with Crippen LogP contribution in [0.25, 0.3) is 0 Å². The van der Waals surface area contributed by atoms with E-state index in [1.54, 1.807) is 37.3 Å². The van der Waals surface area contributed by atoms with Gasteiger partial charge >= 0.3 is 0 Å². The summed E-state index contributed by atoms with van der Waals surface area (Å²) < 4.78 is 44.8. The lowest BCUT2D eigenvalue weighted by atomic mass is 10.1. The number of hydrogen-bond acceptors (Lipinski definition) is 4. The molecule has 0 fully saturated rings. The molecule has 0 aliphatic rings. The van der Waals surface area contributed by atoms with Gasteiger partial charge in [-0.3, -0.25) is 9.10 Å². The summed E-state index contributed by atoms with van der Waals surface area (Å²) in [7, 11) is -3.86. The van der Waals surface area contributed by atoms with Crippen molar-refractivity contribution in [1.82, 2.24) is 0 Å². The molecule has 0 aliphatic heterocycles. The highest BCUT2D eigenvalue weighted by atomic mass is 35.5. The van der Waals surface area contributed by atoms with Gasteiger partial charge in [0.1, 0.15) is 24.2 Å². The number of nitrogens with one attached hydrogen (secondary N) is 1. The molecule has 0 saturated carbocycles. The Bertz CT molecular complexity index is 998. The van der Waals surface area contributed by atoms with E-state index in [0.717, 1.165) is 16.6 Å². The van der Waals surface area contributed by atoms with Crippen LogP contribution >= 0.6 is 11.6 Å². The van der Waals surface area contributed by atoms with Gasteiger partial charge in [-0.25, -0.2) is 12.8 Å². The van der Waals surface area contributed by atoms with Crippen molar-refractivity contribution in [3.63, 3.8) is 0 Å². The van der Waals surface area contributed by atoms with Gasteiger partial charge < -0.3 is 10.1 Å². The summed E-state index contributed by atoms with van der Waals surface area (Å²) in [6.45, 7) is 5.56. The Kier molecular flexibility index (Phi) is 7.64. The normalized spacial score (nSPS) is 12.1. The maximum absolute atomic E-state index is 13.5. The fourth-order valence-electron chi connectivity index (χ4n) is 2.73. The van der Waals surface area contributed by atoms with Gasteiger partial charge in [-0.1, -0.05) is 37.2 Å². The zero-order valence-electron chi connectivity index (χ0n) is 16.1. The number of ether oxygens (including phenoxy) is 1. The molecule has 0 aromatic heterocycles. The highest BCUT2D eigenvalue weighted by Crippen LogP contribution is 2.28. The van der Waals surface area contributed by atoms with Crippen molar-refractivity contribution in [2.24, 2.45) is 0 Å². The van der Waals surface area contributed by atoms with Gasteiger partial charge in [0, 0.05) is 11.8 Å². The molecule has 0 unspecified atom stereocenters. The van der Waals surface area contributed by atoms with Gasteiger partial charge in [0.25, 0.3) is 0 Å². The molecule has 9 heteroatoms. The number of carbonyl (C=O) groups excluding carboxylic acids is 1. The van der Waals surface area contributed by atoms with Crippen molar-refractivity contribution in [2.75, 3.05) is 22.5 Å². The van der Waals surface area contributed by atoms with Crippen LogP contribution in [-0.2, 0) is 14.8 Å². The Morgan fingerprint density at radius 2 is 2.07 bits per heavy atom. The Morgan fingerprint density at radius 1 is 1.34 bits per heavy atom. The van der Waals surface area contributed by atoms with E-state index in [4.69, 9.17) is 16.3 Å². The number of halogens is 2. The molecule has 156 valence electrons. The van der Waals surface area contributed by atoms with Crippen LogP contribution in [0.5, 0.6) is 5.75 Å². The third-order valence-corrected chi connectivity index (χ3v) is 5.43. The number of rotatable bonds is 9. The Balaban J connectivity index is 2.33. The molecule has 1 N–H and O–H groups in total. The second kappa shape index (κ2) is 9.76. The first-order valence-electron chi connectivity index (χ1n) is 8.76. The van der Waals surface area contributed by atoms with E-state index in [2.05, 4.69) is 11.9 Å². The van der Waals surface area contributed by atoms with Crippen LogP contribution < -0.4 is 14.4 Å². The fourth-order valence-corrected chi connectivity index (χ4v) is 4.11. The van der Waals surface area contributed by atoms with Crippen LogP contribution in [-0.4, -0.2) is 33.2 Å². The number of hydrogen-bond donors (Lipinski definition) is 1. The first kappa shape index (κ1) is 22.7. The number of amides is 1. The molecular weight excluding hydrogens is 419 g/mol. The van der Waals surface area contributed by atoms with E-state index >= 15 is 0 Å². The summed E-state index contributed by atoms with van der Waals surface area (Å²) in [5, 5.41) is 2.46. The van der Waals surface area contributed by atoms with Crippen molar-refractivity contribution in [1.29, 1.82) is 0 Å². The fraction of sp³-hybridized carbons (Fsp3) is 0.250. The molecule has 1 amide bonds. The molecule has 2 aromatic rings. The minimum Gasteiger partial charge on any atom is -0.489 e. The number of anilines is 2. The molecule has 1 atom stereocenters. The highest BCUT2D eigenvalue weighted by Gasteiger charge is 2.32. The van der Waals surface area contributed by atoms with E-state index < -0.39 is 27.8 Å². The second-order valence-electron chi connectivity index (χ2n) is 6.20. The molecule has 0 aliphatic carbocycles. The minimum atomic E-state index is -3.86. The first-order valence-corrected chi connectivity index (χ1v) is 11.0. The van der Waals surface area contributed by atoms with Crippen molar-refractivity contribution in [2.45, 2.75) is 19.4 Å². The standard InChI is InChI=1S/C20H22ClFN2O4S/c1-4-11-28-16-8-6-7-14(12-16)23-20(25)19(5-2)24(29(3,26)27)15-9-10-18(22)17(21)13-15/h4,6-10,12-13,19H,1,5,11H2,2-3H3,(H,23,25)/t19-/m0/s1. The lowest BCUT2D eigenvalue weighted by molar-refractivity contribution is -0.117. The lowest BCUT2D eigenvalue weighted by Gasteiger charge is -2.30. The molecule has 2 rings (SSSR count). The van der Waals surface area contributed by atoms with Crippen molar-refractivity contribution >= 4 is 38.9 Å². The molecule has 0 saturated heterocycles. The molecule has 6 nitrogen and oxygen atoms in total. The average Bonchev–Trinajstić information content (AvgIpc) is 2.66. The molecule has 0 spiro atoms. The molecule has 2 aromatic carbocycles. The topological polar surface area (TPSA) is 75.7 Å². The van der Waals surface area contributed by atoms with E-state index in [-0.39, 0.29) is 17.1 Å². The van der Waals surface area contributed by atoms with E-state index in [0.29, 0.717) is 18.0 Å². The largest absolute Gasteiger partial charge is 0.489 e. The highest BCUT2D eigenvalue weighted by molar-refractivity contribution is 7.92. The van der Waals surface area contributed by atoms with E-state index in [9.17, 15) is 17.6 Å². The van der Waals surface area contributed by atoms with E-state index in [1.807, 2.05) is 0 Å².